The predicted octanol–water partition coefficient (Wildman–Crippen LogP) is 3.06. The van der Waals surface area contributed by atoms with E-state index >= 15 is 0 Å². The van der Waals surface area contributed by atoms with Gasteiger partial charge in [-0.3, -0.25) is 0 Å². The Morgan fingerprint density at radius 3 is 2.78 bits per heavy atom. The molecule has 0 saturated heterocycles. The summed E-state index contributed by atoms with van der Waals surface area (Å²) in [5, 5.41) is 12.4. The summed E-state index contributed by atoms with van der Waals surface area (Å²) < 4.78 is 0. The number of benzene rings is 1. The first-order chi connectivity index (χ1) is 8.70. The van der Waals surface area contributed by atoms with Gasteiger partial charge in [-0.15, -0.1) is 0 Å². The lowest BCUT2D eigenvalue weighted by atomic mass is 9.97. The second-order valence-electron chi connectivity index (χ2n) is 5.57. The van der Waals surface area contributed by atoms with E-state index in [4.69, 9.17) is 5.26 Å². The van der Waals surface area contributed by atoms with Crippen molar-refractivity contribution in [1.82, 2.24) is 5.32 Å². The molecule has 1 aliphatic rings. The minimum Gasteiger partial charge on any atom is -0.311 e. The van der Waals surface area contributed by atoms with Crippen LogP contribution in [0.2, 0.25) is 0 Å². The highest BCUT2D eigenvalue weighted by Gasteiger charge is 2.13. The molecule has 1 unspecified atom stereocenters. The molecule has 0 bridgehead atoms. The zero-order valence-corrected chi connectivity index (χ0v) is 11.4. The van der Waals surface area contributed by atoms with Crippen LogP contribution in [-0.2, 0) is 19.4 Å². The van der Waals surface area contributed by atoms with E-state index in [0.717, 1.165) is 13.1 Å². The largest absolute Gasteiger partial charge is 0.311 e. The van der Waals surface area contributed by atoms with Gasteiger partial charge >= 0.3 is 0 Å². The Kier molecular flexibility index (Phi) is 4.38. The first kappa shape index (κ1) is 13.1. The summed E-state index contributed by atoms with van der Waals surface area (Å²) in [5.74, 6) is 0.530. The molecule has 2 nitrogen and oxygen atoms in total. The molecule has 96 valence electrons. The van der Waals surface area contributed by atoms with Crippen molar-refractivity contribution < 1.29 is 0 Å². The van der Waals surface area contributed by atoms with Gasteiger partial charge in [-0.05, 0) is 41.9 Å². The van der Waals surface area contributed by atoms with Crippen molar-refractivity contribution in [3.05, 3.63) is 34.9 Å². The van der Waals surface area contributed by atoms with Gasteiger partial charge in [-0.1, -0.05) is 32.0 Å². The maximum Gasteiger partial charge on any atom is 0.0671 e. The summed E-state index contributed by atoms with van der Waals surface area (Å²) in [6, 6.07) is 9.18. The molecule has 0 fully saturated rings. The first-order valence-electron chi connectivity index (χ1n) is 6.91. The summed E-state index contributed by atoms with van der Waals surface area (Å²) in [6.07, 6.45) is 3.78. The highest BCUT2D eigenvalue weighted by atomic mass is 14.9. The summed E-state index contributed by atoms with van der Waals surface area (Å²) >= 11 is 0. The number of rotatable bonds is 5. The number of nitriles is 1. The van der Waals surface area contributed by atoms with E-state index in [2.05, 4.69) is 43.4 Å². The van der Waals surface area contributed by atoms with Crippen LogP contribution in [0.15, 0.2) is 18.2 Å². The van der Waals surface area contributed by atoms with Crippen LogP contribution in [0.4, 0.5) is 0 Å². The third-order valence-corrected chi connectivity index (χ3v) is 3.83. The Morgan fingerprint density at radius 1 is 1.28 bits per heavy atom. The quantitative estimate of drug-likeness (QED) is 0.861. The lowest BCUT2D eigenvalue weighted by molar-refractivity contribution is 0.442. The summed E-state index contributed by atoms with van der Waals surface area (Å²) in [4.78, 5) is 0. The second kappa shape index (κ2) is 6.02. The SMILES string of the molecule is CC(C)C(C#N)CNCc1ccc2c(c1)CCC2. The van der Waals surface area contributed by atoms with E-state index in [-0.39, 0.29) is 5.92 Å². The first-order valence-corrected chi connectivity index (χ1v) is 6.91. The molecule has 0 aromatic heterocycles. The van der Waals surface area contributed by atoms with Crippen LogP contribution >= 0.6 is 0 Å². The van der Waals surface area contributed by atoms with Crippen molar-refractivity contribution >= 4 is 0 Å². The fraction of sp³-hybridized carbons (Fsp3) is 0.562. The molecule has 0 aliphatic heterocycles. The fourth-order valence-electron chi connectivity index (χ4n) is 2.54. The molecule has 18 heavy (non-hydrogen) atoms. The average molecular weight is 242 g/mol. The lowest BCUT2D eigenvalue weighted by Gasteiger charge is -2.14. The zero-order chi connectivity index (χ0) is 13.0. The topological polar surface area (TPSA) is 35.8 Å². The normalized spacial score (nSPS) is 15.4. The molecule has 0 amide bonds. The fourth-order valence-corrected chi connectivity index (χ4v) is 2.54. The van der Waals surface area contributed by atoms with Gasteiger partial charge in [0.2, 0.25) is 0 Å². The Bertz CT molecular complexity index is 443. The number of hydrogen-bond donors (Lipinski definition) is 1. The van der Waals surface area contributed by atoms with Crippen LogP contribution in [0.25, 0.3) is 0 Å². The lowest BCUT2D eigenvalue weighted by Crippen LogP contribution is -2.24. The molecular weight excluding hydrogens is 220 g/mol. The number of hydrogen-bond acceptors (Lipinski definition) is 2. The van der Waals surface area contributed by atoms with Gasteiger partial charge in [0.05, 0.1) is 12.0 Å². The van der Waals surface area contributed by atoms with Crippen molar-refractivity contribution in [3.63, 3.8) is 0 Å². The van der Waals surface area contributed by atoms with E-state index in [1.165, 1.54) is 36.0 Å². The zero-order valence-electron chi connectivity index (χ0n) is 11.4. The number of aryl methyl sites for hydroxylation is 2. The van der Waals surface area contributed by atoms with Gasteiger partial charge in [0.25, 0.3) is 0 Å². The molecule has 0 heterocycles. The van der Waals surface area contributed by atoms with Crippen LogP contribution < -0.4 is 5.32 Å². The minimum atomic E-state index is 0.111. The van der Waals surface area contributed by atoms with Gasteiger partial charge in [-0.2, -0.15) is 5.26 Å². The smallest absolute Gasteiger partial charge is 0.0671 e. The maximum absolute atomic E-state index is 9.03. The van der Waals surface area contributed by atoms with Crippen molar-refractivity contribution in [1.29, 1.82) is 5.26 Å². The molecule has 1 aliphatic carbocycles. The molecule has 2 rings (SSSR count). The molecule has 1 aromatic carbocycles. The second-order valence-corrected chi connectivity index (χ2v) is 5.57. The molecule has 2 heteroatoms. The van der Waals surface area contributed by atoms with Crippen molar-refractivity contribution in [2.24, 2.45) is 11.8 Å². The summed E-state index contributed by atoms with van der Waals surface area (Å²) in [7, 11) is 0. The van der Waals surface area contributed by atoms with Crippen LogP contribution in [0.3, 0.4) is 0 Å². The molecule has 1 atom stereocenters. The van der Waals surface area contributed by atoms with Gasteiger partial charge in [-0.25, -0.2) is 0 Å². The van der Waals surface area contributed by atoms with Crippen molar-refractivity contribution in [2.45, 2.75) is 39.7 Å². The molecular formula is C16H22N2. The number of nitrogens with zero attached hydrogens (tertiary/aromatic N) is 1. The van der Waals surface area contributed by atoms with Crippen molar-refractivity contribution in [3.8, 4) is 6.07 Å². The highest BCUT2D eigenvalue weighted by Crippen LogP contribution is 2.22. The predicted molar refractivity (Wildman–Crippen MR) is 74.1 cm³/mol. The summed E-state index contributed by atoms with van der Waals surface area (Å²) in [5.41, 5.74) is 4.39. The summed E-state index contributed by atoms with van der Waals surface area (Å²) in [6.45, 7) is 5.86. The van der Waals surface area contributed by atoms with Crippen LogP contribution in [-0.4, -0.2) is 6.54 Å². The van der Waals surface area contributed by atoms with E-state index < -0.39 is 0 Å². The molecule has 0 saturated carbocycles. The number of fused-ring (bicyclic) bond motifs is 1. The third kappa shape index (κ3) is 3.11. The Morgan fingerprint density at radius 2 is 2.06 bits per heavy atom. The van der Waals surface area contributed by atoms with Crippen LogP contribution in [0, 0.1) is 23.2 Å². The Balaban J connectivity index is 1.86. The van der Waals surface area contributed by atoms with Gasteiger partial charge in [0, 0.05) is 13.1 Å². The van der Waals surface area contributed by atoms with E-state index in [9.17, 15) is 0 Å². The average Bonchev–Trinajstić information content (AvgIpc) is 2.81. The Hall–Kier alpha value is -1.33. The Labute approximate surface area is 110 Å². The van der Waals surface area contributed by atoms with Gasteiger partial charge in [0.15, 0.2) is 0 Å². The van der Waals surface area contributed by atoms with Crippen LogP contribution in [0.1, 0.15) is 37.0 Å². The van der Waals surface area contributed by atoms with E-state index in [1.807, 2.05) is 0 Å². The monoisotopic (exact) mass is 242 g/mol. The maximum atomic E-state index is 9.03. The third-order valence-electron chi connectivity index (χ3n) is 3.83. The minimum absolute atomic E-state index is 0.111. The van der Waals surface area contributed by atoms with E-state index in [0.29, 0.717) is 5.92 Å². The van der Waals surface area contributed by atoms with Gasteiger partial charge < -0.3 is 5.32 Å². The van der Waals surface area contributed by atoms with Gasteiger partial charge in [0.1, 0.15) is 0 Å². The van der Waals surface area contributed by atoms with Crippen LogP contribution in [0.5, 0.6) is 0 Å². The molecule has 0 spiro atoms. The number of nitrogens with one attached hydrogen (secondary N) is 1. The van der Waals surface area contributed by atoms with E-state index in [1.54, 1.807) is 0 Å². The highest BCUT2D eigenvalue weighted by molar-refractivity contribution is 5.35. The molecule has 0 radical (unpaired) electrons. The van der Waals surface area contributed by atoms with Crippen molar-refractivity contribution in [2.75, 3.05) is 6.54 Å². The molecule has 1 aromatic rings. The standard InChI is InChI=1S/C16H22N2/c1-12(2)16(9-17)11-18-10-13-6-7-14-4-3-5-15(14)8-13/h6-8,12,16,18H,3-5,10-11H2,1-2H3. The molecule has 1 N–H and O–H groups in total.